The summed E-state index contributed by atoms with van der Waals surface area (Å²) in [6, 6.07) is 7.22. The zero-order valence-electron chi connectivity index (χ0n) is 16.8. The third-order valence-electron chi connectivity index (χ3n) is 4.03. The van der Waals surface area contributed by atoms with Gasteiger partial charge in [0.05, 0.1) is 25.9 Å². The Morgan fingerprint density at radius 2 is 2.04 bits per heavy atom. The van der Waals surface area contributed by atoms with E-state index in [0.717, 1.165) is 32.8 Å². The molecule has 1 aromatic rings. The Kier molecular flexibility index (Phi) is 8.79. The fourth-order valence-electron chi connectivity index (χ4n) is 2.69. The second-order valence-corrected chi connectivity index (χ2v) is 6.57. The van der Waals surface area contributed by atoms with Gasteiger partial charge in [-0.2, -0.15) is 5.26 Å². The highest BCUT2D eigenvalue weighted by Gasteiger charge is 2.14. The minimum Gasteiger partial charge on any atom is -0.490 e. The van der Waals surface area contributed by atoms with Crippen molar-refractivity contribution in [3.63, 3.8) is 0 Å². The standard InChI is InChI=1S/C21H28N2O5/c1-4-26-20-14-17(13-18(15-22)21(24)28-16(2)3)5-6-19(20)27-12-9-23-7-10-25-11-8-23/h5-6,13-14,16H,4,7-12H2,1-3H3. The molecular weight excluding hydrogens is 360 g/mol. The van der Waals surface area contributed by atoms with Crippen molar-refractivity contribution in [1.82, 2.24) is 4.90 Å². The first kappa shape index (κ1) is 21.7. The van der Waals surface area contributed by atoms with Gasteiger partial charge >= 0.3 is 5.97 Å². The lowest BCUT2D eigenvalue weighted by molar-refractivity contribution is -0.142. The van der Waals surface area contributed by atoms with Crippen LogP contribution < -0.4 is 9.47 Å². The minimum atomic E-state index is -0.638. The van der Waals surface area contributed by atoms with Crippen LogP contribution in [0.25, 0.3) is 6.08 Å². The maximum absolute atomic E-state index is 12.0. The smallest absolute Gasteiger partial charge is 0.349 e. The molecule has 0 spiro atoms. The highest BCUT2D eigenvalue weighted by molar-refractivity contribution is 5.98. The summed E-state index contributed by atoms with van der Waals surface area (Å²) >= 11 is 0. The average molecular weight is 388 g/mol. The molecule has 1 aliphatic heterocycles. The molecule has 1 saturated heterocycles. The van der Waals surface area contributed by atoms with Gasteiger partial charge in [0.25, 0.3) is 0 Å². The summed E-state index contributed by atoms with van der Waals surface area (Å²) < 4.78 is 22.0. The van der Waals surface area contributed by atoms with E-state index in [4.69, 9.17) is 18.9 Å². The Morgan fingerprint density at radius 1 is 1.29 bits per heavy atom. The maximum atomic E-state index is 12.0. The Morgan fingerprint density at radius 3 is 2.68 bits per heavy atom. The van der Waals surface area contributed by atoms with Gasteiger partial charge in [0.15, 0.2) is 11.5 Å². The van der Waals surface area contributed by atoms with Crippen LogP contribution in [0.4, 0.5) is 0 Å². The Hall–Kier alpha value is -2.56. The number of morpholine rings is 1. The van der Waals surface area contributed by atoms with Crippen LogP contribution in [0.3, 0.4) is 0 Å². The minimum absolute atomic E-state index is 0.0582. The van der Waals surface area contributed by atoms with Gasteiger partial charge in [-0.1, -0.05) is 6.07 Å². The van der Waals surface area contributed by atoms with E-state index >= 15 is 0 Å². The second-order valence-electron chi connectivity index (χ2n) is 6.57. The Bertz CT molecular complexity index is 718. The maximum Gasteiger partial charge on any atom is 0.349 e. The number of hydrogen-bond acceptors (Lipinski definition) is 7. The number of carbonyl (C=O) groups is 1. The first-order valence-corrected chi connectivity index (χ1v) is 9.56. The van der Waals surface area contributed by atoms with Crippen LogP contribution in [0.15, 0.2) is 23.8 Å². The lowest BCUT2D eigenvalue weighted by atomic mass is 10.1. The average Bonchev–Trinajstić information content (AvgIpc) is 2.68. The van der Waals surface area contributed by atoms with Crippen molar-refractivity contribution in [3.05, 3.63) is 29.3 Å². The number of benzene rings is 1. The molecule has 0 bridgehead atoms. The number of hydrogen-bond donors (Lipinski definition) is 0. The number of nitriles is 1. The van der Waals surface area contributed by atoms with Crippen LogP contribution in [0, 0.1) is 11.3 Å². The van der Waals surface area contributed by atoms with E-state index in [0.29, 0.717) is 30.3 Å². The number of rotatable bonds is 9. The lowest BCUT2D eigenvalue weighted by Crippen LogP contribution is -2.38. The molecule has 1 aliphatic rings. The van der Waals surface area contributed by atoms with Gasteiger partial charge in [0.2, 0.25) is 0 Å². The molecule has 1 heterocycles. The molecule has 0 radical (unpaired) electrons. The zero-order valence-corrected chi connectivity index (χ0v) is 16.8. The molecule has 1 fully saturated rings. The van der Waals surface area contributed by atoms with E-state index in [1.54, 1.807) is 32.0 Å². The van der Waals surface area contributed by atoms with Crippen LogP contribution in [0.2, 0.25) is 0 Å². The van der Waals surface area contributed by atoms with E-state index in [1.165, 1.54) is 6.08 Å². The summed E-state index contributed by atoms with van der Waals surface area (Å²) in [5.74, 6) is 0.574. The second kappa shape index (κ2) is 11.3. The molecule has 0 aromatic heterocycles. The Labute approximate surface area is 166 Å². The monoisotopic (exact) mass is 388 g/mol. The topological polar surface area (TPSA) is 81.0 Å². The SMILES string of the molecule is CCOc1cc(C=C(C#N)C(=O)OC(C)C)ccc1OCCN1CCOCC1. The van der Waals surface area contributed by atoms with Gasteiger partial charge < -0.3 is 18.9 Å². The summed E-state index contributed by atoms with van der Waals surface area (Å²) in [7, 11) is 0. The summed E-state index contributed by atoms with van der Waals surface area (Å²) in [6.07, 6.45) is 1.20. The molecule has 1 aromatic carbocycles. The van der Waals surface area contributed by atoms with E-state index < -0.39 is 5.97 Å². The summed E-state index contributed by atoms with van der Waals surface area (Å²) in [4.78, 5) is 14.3. The van der Waals surface area contributed by atoms with Crippen molar-refractivity contribution in [2.45, 2.75) is 26.9 Å². The molecular formula is C21H28N2O5. The molecule has 152 valence electrons. The van der Waals surface area contributed by atoms with E-state index in [9.17, 15) is 10.1 Å². The number of esters is 1. The van der Waals surface area contributed by atoms with Crippen molar-refractivity contribution in [1.29, 1.82) is 5.26 Å². The zero-order chi connectivity index (χ0) is 20.4. The van der Waals surface area contributed by atoms with Crippen molar-refractivity contribution in [2.75, 3.05) is 46.1 Å². The van der Waals surface area contributed by atoms with E-state index in [2.05, 4.69) is 4.90 Å². The quantitative estimate of drug-likeness (QED) is 0.365. The third kappa shape index (κ3) is 6.87. The van der Waals surface area contributed by atoms with Gasteiger partial charge in [-0.15, -0.1) is 0 Å². The van der Waals surface area contributed by atoms with Gasteiger partial charge in [0.1, 0.15) is 18.2 Å². The van der Waals surface area contributed by atoms with Gasteiger partial charge in [-0.3, -0.25) is 4.90 Å². The molecule has 7 nitrogen and oxygen atoms in total. The van der Waals surface area contributed by atoms with Crippen molar-refractivity contribution < 1.29 is 23.7 Å². The van der Waals surface area contributed by atoms with Crippen molar-refractivity contribution in [3.8, 4) is 17.6 Å². The molecule has 0 N–H and O–H groups in total. The fourth-order valence-corrected chi connectivity index (χ4v) is 2.69. The number of nitrogens with zero attached hydrogens (tertiary/aromatic N) is 2. The van der Waals surface area contributed by atoms with Crippen LogP contribution in [0.1, 0.15) is 26.3 Å². The highest BCUT2D eigenvalue weighted by atomic mass is 16.5. The predicted octanol–water partition coefficient (Wildman–Crippen LogP) is 2.65. The molecule has 0 aliphatic carbocycles. The summed E-state index contributed by atoms with van der Waals surface area (Å²) in [6.45, 7) is 10.5. The number of ether oxygens (including phenoxy) is 4. The molecule has 2 rings (SSSR count). The third-order valence-corrected chi connectivity index (χ3v) is 4.03. The molecule has 28 heavy (non-hydrogen) atoms. The van der Waals surface area contributed by atoms with E-state index in [-0.39, 0.29) is 11.7 Å². The summed E-state index contributed by atoms with van der Waals surface area (Å²) in [5.41, 5.74) is 0.610. The highest BCUT2D eigenvalue weighted by Crippen LogP contribution is 2.29. The normalized spacial score (nSPS) is 15.2. The molecule has 0 atom stereocenters. The Balaban J connectivity index is 2.07. The lowest BCUT2D eigenvalue weighted by Gasteiger charge is -2.26. The first-order valence-electron chi connectivity index (χ1n) is 9.56. The van der Waals surface area contributed by atoms with Crippen LogP contribution in [-0.2, 0) is 14.3 Å². The van der Waals surface area contributed by atoms with Crippen LogP contribution in [0.5, 0.6) is 11.5 Å². The predicted molar refractivity (Wildman–Crippen MR) is 105 cm³/mol. The van der Waals surface area contributed by atoms with Gasteiger partial charge in [-0.25, -0.2) is 4.79 Å². The largest absolute Gasteiger partial charge is 0.490 e. The first-order chi connectivity index (χ1) is 13.5. The van der Waals surface area contributed by atoms with Crippen molar-refractivity contribution in [2.24, 2.45) is 0 Å². The van der Waals surface area contributed by atoms with Crippen molar-refractivity contribution >= 4 is 12.0 Å². The summed E-state index contributed by atoms with van der Waals surface area (Å²) in [5, 5.41) is 9.25. The molecule has 0 saturated carbocycles. The number of carbonyl (C=O) groups excluding carboxylic acids is 1. The van der Waals surface area contributed by atoms with Gasteiger partial charge in [0, 0.05) is 19.6 Å². The van der Waals surface area contributed by atoms with Crippen LogP contribution >= 0.6 is 0 Å². The molecule has 0 amide bonds. The molecule has 7 heteroatoms. The molecule has 0 unspecified atom stereocenters. The fraction of sp³-hybridized carbons (Fsp3) is 0.524. The van der Waals surface area contributed by atoms with E-state index in [1.807, 2.05) is 13.0 Å². The van der Waals surface area contributed by atoms with Crippen LogP contribution in [-0.4, -0.2) is 63.0 Å². The van der Waals surface area contributed by atoms with Gasteiger partial charge in [-0.05, 0) is 44.5 Å².